The summed E-state index contributed by atoms with van der Waals surface area (Å²) in [7, 11) is 0. The van der Waals surface area contributed by atoms with Crippen molar-refractivity contribution in [3.8, 4) is 23.0 Å². The Labute approximate surface area is 289 Å². The van der Waals surface area contributed by atoms with Crippen molar-refractivity contribution in [2.75, 3.05) is 6.61 Å². The van der Waals surface area contributed by atoms with Crippen LogP contribution in [0.15, 0.2) is 36.4 Å². The summed E-state index contributed by atoms with van der Waals surface area (Å²) in [6.07, 6.45) is -19.4. The van der Waals surface area contributed by atoms with Gasteiger partial charge in [0.15, 0.2) is 18.2 Å². The Hall–Kier alpha value is -4.11. The fourth-order valence-corrected chi connectivity index (χ4v) is 6.10. The molecule has 18 nitrogen and oxygen atoms in total. The molecule has 3 aliphatic heterocycles. The Kier molecular flexibility index (Phi) is 11.4. The first kappa shape index (κ1) is 38.1. The minimum Gasteiger partial charge on any atom is -0.508 e. The lowest BCUT2D eigenvalue weighted by Crippen LogP contribution is -2.65. The van der Waals surface area contributed by atoms with E-state index in [9.17, 15) is 55.2 Å². The fourth-order valence-electron chi connectivity index (χ4n) is 6.10. The number of carbonyl (C=O) groups excluding carboxylic acids is 2. The highest BCUT2D eigenvalue weighted by Gasteiger charge is 2.53. The lowest BCUT2D eigenvalue weighted by atomic mass is 9.95. The molecule has 0 aromatic heterocycles. The summed E-state index contributed by atoms with van der Waals surface area (Å²) in [5, 5.41) is 92.7. The third kappa shape index (κ3) is 8.52. The van der Waals surface area contributed by atoms with E-state index in [-0.39, 0.29) is 29.2 Å². The number of rotatable bonds is 11. The SMILES string of the molecule is C[C@@H]1O[C@@H](O[C@@H]2[C@@H](O)[C@H](Oc3cc(O)c4c(c3)OC(c3ccc(O)cc3)CC4=O)O[C@H](CO)[C@H]2OC(=O)C[C@@](C)(O)CC(=O)O)[C@H](O)[C@H](O)[C@H]1O. The number of aliphatic carboxylic acids is 1. The molecule has 0 spiro atoms. The van der Waals surface area contributed by atoms with Gasteiger partial charge in [-0.15, -0.1) is 0 Å². The Morgan fingerprint density at radius 2 is 1.61 bits per heavy atom. The van der Waals surface area contributed by atoms with Crippen LogP contribution in [0.2, 0.25) is 0 Å². The zero-order valence-electron chi connectivity index (χ0n) is 27.3. The van der Waals surface area contributed by atoms with E-state index in [1.807, 2.05) is 0 Å². The van der Waals surface area contributed by atoms with Crippen LogP contribution >= 0.6 is 0 Å². The summed E-state index contributed by atoms with van der Waals surface area (Å²) in [4.78, 5) is 37.1. The summed E-state index contributed by atoms with van der Waals surface area (Å²) < 4.78 is 34.3. The molecule has 12 atom stereocenters. The van der Waals surface area contributed by atoms with Gasteiger partial charge in [-0.05, 0) is 31.5 Å². The monoisotopic (exact) mass is 724 g/mol. The molecule has 0 aliphatic carbocycles. The van der Waals surface area contributed by atoms with Crippen molar-refractivity contribution in [2.24, 2.45) is 0 Å². The van der Waals surface area contributed by atoms with Gasteiger partial charge in [-0.25, -0.2) is 0 Å². The predicted molar refractivity (Wildman–Crippen MR) is 166 cm³/mol. The number of benzene rings is 2. The molecule has 3 heterocycles. The summed E-state index contributed by atoms with van der Waals surface area (Å²) >= 11 is 0. The molecule has 5 rings (SSSR count). The smallest absolute Gasteiger partial charge is 0.309 e. The van der Waals surface area contributed by atoms with Crippen LogP contribution in [0.25, 0.3) is 0 Å². The second-order valence-corrected chi connectivity index (χ2v) is 13.0. The predicted octanol–water partition coefficient (Wildman–Crippen LogP) is -0.998. The number of aliphatic hydroxyl groups is 6. The maximum Gasteiger partial charge on any atom is 0.309 e. The van der Waals surface area contributed by atoms with Crippen LogP contribution in [0.3, 0.4) is 0 Å². The number of carbonyl (C=O) groups is 3. The summed E-state index contributed by atoms with van der Waals surface area (Å²) in [6, 6.07) is 8.23. The average molecular weight is 725 g/mol. The quantitative estimate of drug-likeness (QED) is 0.126. The zero-order chi connectivity index (χ0) is 37.4. The molecule has 2 saturated heterocycles. The van der Waals surface area contributed by atoms with Gasteiger partial charge in [0.1, 0.15) is 71.3 Å². The van der Waals surface area contributed by atoms with Crippen LogP contribution in [0.5, 0.6) is 23.0 Å². The summed E-state index contributed by atoms with van der Waals surface area (Å²) in [5.74, 6) is -3.88. The third-order valence-corrected chi connectivity index (χ3v) is 8.71. The highest BCUT2D eigenvalue weighted by atomic mass is 16.7. The molecule has 280 valence electrons. The summed E-state index contributed by atoms with van der Waals surface area (Å²) in [5.41, 5.74) is -1.65. The molecular weight excluding hydrogens is 684 g/mol. The van der Waals surface area contributed by atoms with Gasteiger partial charge >= 0.3 is 11.9 Å². The lowest BCUT2D eigenvalue weighted by Gasteiger charge is -2.46. The molecule has 18 heteroatoms. The number of hydrogen-bond donors (Lipinski definition) is 9. The van der Waals surface area contributed by atoms with Gasteiger partial charge in [0, 0.05) is 12.1 Å². The Bertz CT molecular complexity index is 1580. The number of carboxylic acid groups (broad SMARTS) is 1. The molecule has 3 aliphatic rings. The maximum absolute atomic E-state index is 13.0. The van der Waals surface area contributed by atoms with E-state index in [0.29, 0.717) is 5.56 Å². The fraction of sp³-hybridized carbons (Fsp3) is 0.545. The number of hydrogen-bond acceptors (Lipinski definition) is 17. The van der Waals surface area contributed by atoms with Crippen molar-refractivity contribution in [3.63, 3.8) is 0 Å². The number of Topliss-reactive ketones (excluding diaryl/α,β-unsaturated/α-hetero) is 1. The van der Waals surface area contributed by atoms with Gasteiger partial charge in [0.05, 0.1) is 37.6 Å². The van der Waals surface area contributed by atoms with Gasteiger partial charge in [-0.1, -0.05) is 12.1 Å². The van der Waals surface area contributed by atoms with E-state index in [1.165, 1.54) is 25.1 Å². The number of ether oxygens (including phenoxy) is 6. The van der Waals surface area contributed by atoms with Crippen molar-refractivity contribution in [3.05, 3.63) is 47.5 Å². The van der Waals surface area contributed by atoms with E-state index in [2.05, 4.69) is 0 Å². The van der Waals surface area contributed by atoms with Crippen molar-refractivity contribution >= 4 is 17.7 Å². The number of aromatic hydroxyl groups is 2. The lowest BCUT2D eigenvalue weighted by molar-refractivity contribution is -0.350. The third-order valence-electron chi connectivity index (χ3n) is 8.71. The molecule has 0 saturated carbocycles. The van der Waals surface area contributed by atoms with Crippen LogP contribution in [-0.2, 0) is 28.5 Å². The first-order chi connectivity index (χ1) is 24.0. The Morgan fingerprint density at radius 3 is 2.25 bits per heavy atom. The van der Waals surface area contributed by atoms with E-state index < -0.39 is 116 Å². The Balaban J connectivity index is 1.42. The number of phenols is 2. The van der Waals surface area contributed by atoms with Gasteiger partial charge in [0.25, 0.3) is 0 Å². The van der Waals surface area contributed by atoms with Crippen LogP contribution in [0, 0.1) is 0 Å². The van der Waals surface area contributed by atoms with E-state index in [1.54, 1.807) is 12.1 Å². The molecule has 9 N–H and O–H groups in total. The standard InChI is InChI=1S/C33H40O18/c1-13-25(41)26(42)27(43)31(46-13)51-30-28(44)32(49-21(12-34)29(30)50-23(40)11-33(2,45)10-22(38)39)47-16-7-17(36)24-18(37)9-19(48-20(24)8-16)14-3-5-15(35)6-4-14/h3-8,13,19,21,25-32,34-36,41-45H,9-12H2,1-2H3,(H,38,39)/t13-,19?,21+,25-,26+,27+,28+,29+,30+,31-,32+,33-/m0/s1. The largest absolute Gasteiger partial charge is 0.508 e. The van der Waals surface area contributed by atoms with Crippen LogP contribution in [-0.4, -0.2) is 137 Å². The average Bonchev–Trinajstić information content (AvgIpc) is 3.04. The number of phenolic OH excluding ortho intramolecular Hbond substituents is 2. The maximum atomic E-state index is 13.0. The van der Waals surface area contributed by atoms with Gasteiger partial charge in [0.2, 0.25) is 6.29 Å². The number of carboxylic acids is 1. The van der Waals surface area contributed by atoms with E-state index in [0.717, 1.165) is 13.0 Å². The van der Waals surface area contributed by atoms with E-state index in [4.69, 9.17) is 33.5 Å². The minimum absolute atomic E-state index is 0.000901. The van der Waals surface area contributed by atoms with Crippen LogP contribution < -0.4 is 9.47 Å². The molecule has 2 aromatic rings. The molecule has 0 radical (unpaired) electrons. The van der Waals surface area contributed by atoms with E-state index >= 15 is 0 Å². The van der Waals surface area contributed by atoms with Crippen molar-refractivity contribution in [2.45, 2.75) is 106 Å². The summed E-state index contributed by atoms with van der Waals surface area (Å²) in [6.45, 7) is 1.54. The number of esters is 1. The van der Waals surface area contributed by atoms with Crippen molar-refractivity contribution < 1.29 is 88.8 Å². The first-order valence-corrected chi connectivity index (χ1v) is 15.9. The topological polar surface area (TPSA) is 289 Å². The Morgan fingerprint density at radius 1 is 0.922 bits per heavy atom. The van der Waals surface area contributed by atoms with Crippen LogP contribution in [0.1, 0.15) is 55.1 Å². The molecule has 2 fully saturated rings. The highest BCUT2D eigenvalue weighted by molar-refractivity contribution is 6.02. The molecule has 1 unspecified atom stereocenters. The second-order valence-electron chi connectivity index (χ2n) is 13.0. The van der Waals surface area contributed by atoms with Gasteiger partial charge in [-0.3, -0.25) is 14.4 Å². The first-order valence-electron chi connectivity index (χ1n) is 15.9. The van der Waals surface area contributed by atoms with Crippen LogP contribution in [0.4, 0.5) is 0 Å². The van der Waals surface area contributed by atoms with Gasteiger partial charge < -0.3 is 74.4 Å². The number of aliphatic hydroxyl groups excluding tert-OH is 5. The minimum atomic E-state index is -2.06. The second kappa shape index (κ2) is 15.2. The van der Waals surface area contributed by atoms with Crippen molar-refractivity contribution in [1.82, 2.24) is 0 Å². The number of fused-ring (bicyclic) bond motifs is 1. The molecule has 0 amide bonds. The van der Waals surface area contributed by atoms with Gasteiger partial charge in [-0.2, -0.15) is 0 Å². The number of ketones is 1. The zero-order valence-corrected chi connectivity index (χ0v) is 27.3. The molecular formula is C33H40O18. The highest BCUT2D eigenvalue weighted by Crippen LogP contribution is 2.43. The van der Waals surface area contributed by atoms with Crippen molar-refractivity contribution in [1.29, 1.82) is 0 Å². The molecule has 2 aromatic carbocycles. The normalized spacial score (nSPS) is 33.3. The molecule has 51 heavy (non-hydrogen) atoms. The molecule has 0 bridgehead atoms.